The Hall–Kier alpha value is -2.04. The molecule has 0 spiro atoms. The molecule has 1 aromatic rings. The molecule has 2 heterocycles. The van der Waals surface area contributed by atoms with Crippen LogP contribution in [0.25, 0.3) is 0 Å². The third-order valence-corrected chi connectivity index (χ3v) is 6.81. The first-order valence-corrected chi connectivity index (χ1v) is 11.2. The normalized spacial score (nSPS) is 21.7. The van der Waals surface area contributed by atoms with Gasteiger partial charge in [-0.15, -0.1) is 0 Å². The molecule has 2 aliphatic rings. The van der Waals surface area contributed by atoms with Crippen LogP contribution < -0.4 is 4.72 Å². The summed E-state index contributed by atoms with van der Waals surface area (Å²) in [5, 5.41) is 0. The number of ether oxygens (including phenoxy) is 1. The fourth-order valence-corrected chi connectivity index (χ4v) is 4.98. The van der Waals surface area contributed by atoms with E-state index in [1.165, 1.54) is 24.0 Å². The van der Waals surface area contributed by atoms with Crippen molar-refractivity contribution in [2.45, 2.75) is 30.7 Å². The zero-order chi connectivity index (χ0) is 21.0. The molecule has 1 unspecified atom stereocenters. The minimum Gasteiger partial charge on any atom is -0.378 e. The van der Waals surface area contributed by atoms with Crippen molar-refractivity contribution >= 4 is 21.8 Å². The molecule has 1 aromatic carbocycles. The number of nitrogens with one attached hydrogen (secondary N) is 1. The molecule has 10 heteroatoms. The summed E-state index contributed by atoms with van der Waals surface area (Å²) in [6.07, 6.45) is 1.36. The number of piperidine rings is 1. The number of amides is 2. The molecule has 2 amide bonds. The smallest absolute Gasteiger partial charge is 0.244 e. The molecule has 1 N–H and O–H groups in total. The van der Waals surface area contributed by atoms with Crippen LogP contribution in [0.3, 0.4) is 0 Å². The predicted octanol–water partition coefficient (Wildman–Crippen LogP) is 0.590. The number of hydrogen-bond acceptors (Lipinski definition) is 5. The van der Waals surface area contributed by atoms with Crippen LogP contribution in [-0.4, -0.2) is 75.5 Å². The summed E-state index contributed by atoms with van der Waals surface area (Å²) in [5.74, 6) is -1.61. The highest BCUT2D eigenvalue weighted by Crippen LogP contribution is 2.21. The van der Waals surface area contributed by atoms with Crippen molar-refractivity contribution in [3.8, 4) is 0 Å². The summed E-state index contributed by atoms with van der Waals surface area (Å²) < 4.78 is 46.2. The first-order chi connectivity index (χ1) is 13.8. The first-order valence-electron chi connectivity index (χ1n) is 9.72. The van der Waals surface area contributed by atoms with Gasteiger partial charge in [0.2, 0.25) is 21.8 Å². The van der Waals surface area contributed by atoms with Crippen LogP contribution in [0.1, 0.15) is 19.8 Å². The van der Waals surface area contributed by atoms with E-state index in [0.29, 0.717) is 45.7 Å². The fourth-order valence-electron chi connectivity index (χ4n) is 3.70. The lowest BCUT2D eigenvalue weighted by Gasteiger charge is -2.37. The Morgan fingerprint density at radius 1 is 1.17 bits per heavy atom. The predicted molar refractivity (Wildman–Crippen MR) is 103 cm³/mol. The van der Waals surface area contributed by atoms with Gasteiger partial charge >= 0.3 is 0 Å². The van der Waals surface area contributed by atoms with Crippen LogP contribution in [0.2, 0.25) is 0 Å². The minimum absolute atomic E-state index is 0.00499. The van der Waals surface area contributed by atoms with Gasteiger partial charge in [0, 0.05) is 26.2 Å². The molecular weight excluding hydrogens is 401 g/mol. The Balaban J connectivity index is 1.63. The van der Waals surface area contributed by atoms with E-state index in [-0.39, 0.29) is 18.4 Å². The average Bonchev–Trinajstić information content (AvgIpc) is 2.73. The number of carbonyl (C=O) groups is 2. The van der Waals surface area contributed by atoms with E-state index in [1.807, 2.05) is 0 Å². The van der Waals surface area contributed by atoms with Gasteiger partial charge in [0.25, 0.3) is 0 Å². The molecule has 29 heavy (non-hydrogen) atoms. The number of benzene rings is 1. The molecule has 2 saturated heterocycles. The van der Waals surface area contributed by atoms with E-state index in [0.717, 1.165) is 12.1 Å². The summed E-state index contributed by atoms with van der Waals surface area (Å²) in [6.45, 7) is 4.24. The number of nitrogens with zero attached hydrogens (tertiary/aromatic N) is 2. The number of hydrogen-bond donors (Lipinski definition) is 1. The van der Waals surface area contributed by atoms with Crippen molar-refractivity contribution in [2.24, 2.45) is 5.92 Å². The lowest BCUT2D eigenvalue weighted by molar-refractivity contribution is -0.144. The number of rotatable bonds is 5. The Morgan fingerprint density at radius 3 is 2.55 bits per heavy atom. The van der Waals surface area contributed by atoms with Gasteiger partial charge in [-0.1, -0.05) is 12.1 Å². The number of halogens is 1. The van der Waals surface area contributed by atoms with Crippen molar-refractivity contribution in [3.63, 3.8) is 0 Å². The molecule has 160 valence electrons. The monoisotopic (exact) mass is 427 g/mol. The molecule has 0 aliphatic carbocycles. The van der Waals surface area contributed by atoms with Gasteiger partial charge in [-0.2, -0.15) is 4.72 Å². The van der Waals surface area contributed by atoms with Gasteiger partial charge in [-0.3, -0.25) is 9.59 Å². The summed E-state index contributed by atoms with van der Waals surface area (Å²) in [7, 11) is -4.18. The maximum absolute atomic E-state index is 13.8. The Bertz CT molecular complexity index is 857. The third-order valence-electron chi connectivity index (χ3n) is 5.23. The van der Waals surface area contributed by atoms with Crippen LogP contribution in [-0.2, 0) is 24.3 Å². The number of carbonyl (C=O) groups excluding carboxylic acids is 2. The first kappa shape index (κ1) is 21.7. The highest BCUT2D eigenvalue weighted by molar-refractivity contribution is 7.89. The zero-order valence-electron chi connectivity index (χ0n) is 16.3. The second-order valence-corrected chi connectivity index (χ2v) is 9.02. The van der Waals surface area contributed by atoms with Crippen LogP contribution in [0.15, 0.2) is 29.2 Å². The largest absolute Gasteiger partial charge is 0.378 e. The van der Waals surface area contributed by atoms with E-state index >= 15 is 0 Å². The fraction of sp³-hybridized carbons (Fsp3) is 0.579. The molecule has 2 fully saturated rings. The SMILES string of the molecule is C[C@H](NS(=O)(=O)c1ccccc1F)C(=O)N1CCCC(C(=O)N2CCOCC2)C1. The molecular formula is C19H26FN3O5S. The second-order valence-electron chi connectivity index (χ2n) is 7.33. The molecule has 3 rings (SSSR count). The van der Waals surface area contributed by atoms with Gasteiger partial charge in [0.05, 0.1) is 25.2 Å². The van der Waals surface area contributed by atoms with Gasteiger partial charge < -0.3 is 14.5 Å². The Labute approximate surface area is 170 Å². The summed E-state index contributed by atoms with van der Waals surface area (Å²) in [4.78, 5) is 28.3. The Morgan fingerprint density at radius 2 is 1.86 bits per heavy atom. The van der Waals surface area contributed by atoms with Gasteiger partial charge in [-0.05, 0) is 31.9 Å². The number of likely N-dealkylation sites (tertiary alicyclic amines) is 1. The molecule has 0 bridgehead atoms. The quantitative estimate of drug-likeness (QED) is 0.742. The molecule has 8 nitrogen and oxygen atoms in total. The maximum atomic E-state index is 13.8. The van der Waals surface area contributed by atoms with E-state index in [9.17, 15) is 22.4 Å². The molecule has 0 aromatic heterocycles. The van der Waals surface area contributed by atoms with Crippen LogP contribution in [0.5, 0.6) is 0 Å². The summed E-state index contributed by atoms with van der Waals surface area (Å²) in [6, 6.07) is 3.93. The van der Waals surface area contributed by atoms with E-state index in [2.05, 4.69) is 4.72 Å². The third kappa shape index (κ3) is 5.12. The lowest BCUT2D eigenvalue weighted by atomic mass is 9.96. The van der Waals surface area contributed by atoms with Crippen molar-refractivity contribution in [1.82, 2.24) is 14.5 Å². The van der Waals surface area contributed by atoms with Crippen molar-refractivity contribution in [2.75, 3.05) is 39.4 Å². The molecule has 2 atom stereocenters. The maximum Gasteiger partial charge on any atom is 0.244 e. The standard InChI is InChI=1S/C19H26FN3O5S/c1-14(21-29(26,27)17-7-3-2-6-16(17)20)18(24)23-8-4-5-15(13-23)19(25)22-9-11-28-12-10-22/h2-3,6-7,14-15,21H,4-5,8-13H2,1H3/t14-,15?/m0/s1. The second kappa shape index (κ2) is 9.19. The topological polar surface area (TPSA) is 96.0 Å². The van der Waals surface area contributed by atoms with Crippen LogP contribution in [0, 0.1) is 11.7 Å². The number of sulfonamides is 1. The Kier molecular flexibility index (Phi) is 6.86. The van der Waals surface area contributed by atoms with Gasteiger partial charge in [0.1, 0.15) is 10.7 Å². The van der Waals surface area contributed by atoms with E-state index in [1.54, 1.807) is 4.90 Å². The number of morpholine rings is 1. The van der Waals surface area contributed by atoms with Crippen LogP contribution in [0.4, 0.5) is 4.39 Å². The van der Waals surface area contributed by atoms with Gasteiger partial charge in [-0.25, -0.2) is 12.8 Å². The zero-order valence-corrected chi connectivity index (χ0v) is 17.2. The molecule has 0 radical (unpaired) electrons. The average molecular weight is 427 g/mol. The minimum atomic E-state index is -4.18. The molecule has 0 saturated carbocycles. The summed E-state index contributed by atoms with van der Waals surface area (Å²) in [5.41, 5.74) is 0. The lowest BCUT2D eigenvalue weighted by Crippen LogP contribution is -2.53. The van der Waals surface area contributed by atoms with E-state index in [4.69, 9.17) is 4.74 Å². The van der Waals surface area contributed by atoms with Crippen LogP contribution >= 0.6 is 0 Å². The highest BCUT2D eigenvalue weighted by Gasteiger charge is 2.34. The van der Waals surface area contributed by atoms with Gasteiger partial charge in [0.15, 0.2) is 0 Å². The van der Waals surface area contributed by atoms with Crippen molar-refractivity contribution in [1.29, 1.82) is 0 Å². The highest BCUT2D eigenvalue weighted by atomic mass is 32.2. The van der Waals surface area contributed by atoms with E-state index < -0.39 is 32.7 Å². The van der Waals surface area contributed by atoms with Crippen molar-refractivity contribution < 1.29 is 27.1 Å². The molecule has 2 aliphatic heterocycles. The van der Waals surface area contributed by atoms with Crippen molar-refractivity contribution in [3.05, 3.63) is 30.1 Å². The summed E-state index contributed by atoms with van der Waals surface area (Å²) >= 11 is 0.